The Kier molecular flexibility index (Phi) is 3.03. The normalized spacial score (nSPS) is 10.7. The molecule has 4 heteroatoms. The number of halogens is 1. The third-order valence-corrected chi connectivity index (χ3v) is 3.20. The van der Waals surface area contributed by atoms with Crippen LogP contribution in [0.15, 0.2) is 16.9 Å². The van der Waals surface area contributed by atoms with Crippen LogP contribution in [0.3, 0.4) is 0 Å². The number of aryl methyl sites for hydroxylation is 2. The van der Waals surface area contributed by atoms with Gasteiger partial charge in [0.1, 0.15) is 5.82 Å². The van der Waals surface area contributed by atoms with Gasteiger partial charge in [0.05, 0.1) is 5.69 Å². The molecule has 3 nitrogen and oxygen atoms in total. The molecule has 1 aromatic heterocycles. The minimum absolute atomic E-state index is 0.235. The smallest absolute Gasteiger partial charge is 0.267 e. The fourth-order valence-electron chi connectivity index (χ4n) is 2.08. The van der Waals surface area contributed by atoms with Gasteiger partial charge in [0.25, 0.3) is 5.56 Å². The molecule has 0 radical (unpaired) electrons. The maximum absolute atomic E-state index is 14.1. The summed E-state index contributed by atoms with van der Waals surface area (Å²) in [6.07, 6.45) is 0. The van der Waals surface area contributed by atoms with E-state index in [4.69, 9.17) is 0 Å². The van der Waals surface area contributed by atoms with E-state index in [1.165, 1.54) is 6.07 Å². The predicted octanol–water partition coefficient (Wildman–Crippen LogP) is 2.81. The molecule has 2 rings (SSSR count). The van der Waals surface area contributed by atoms with E-state index in [0.717, 1.165) is 11.1 Å². The highest BCUT2D eigenvalue weighted by Gasteiger charge is 2.15. The van der Waals surface area contributed by atoms with E-state index in [9.17, 15) is 9.18 Å². The number of hydrogen-bond donors (Lipinski definition) is 1. The van der Waals surface area contributed by atoms with Crippen LogP contribution < -0.4 is 5.56 Å². The first-order chi connectivity index (χ1) is 8.41. The van der Waals surface area contributed by atoms with Gasteiger partial charge < -0.3 is 0 Å². The van der Waals surface area contributed by atoms with Gasteiger partial charge in [-0.1, -0.05) is 6.07 Å². The molecule has 94 valence electrons. The lowest BCUT2D eigenvalue weighted by Crippen LogP contribution is -2.15. The minimum atomic E-state index is -0.311. The topological polar surface area (TPSA) is 45.8 Å². The SMILES string of the molecule is Cc1cc(C)c(-c2n[nH]c(=O)c(C)c2C)c(F)c1. The van der Waals surface area contributed by atoms with Crippen molar-refractivity contribution in [2.24, 2.45) is 0 Å². The van der Waals surface area contributed by atoms with Crippen molar-refractivity contribution in [2.75, 3.05) is 0 Å². The highest BCUT2D eigenvalue weighted by atomic mass is 19.1. The standard InChI is InChI=1S/C14H15FN2O/c1-7-5-8(2)12(11(15)6-7)13-9(3)10(4)14(18)17-16-13/h5-6H,1-4H3,(H,17,18). The van der Waals surface area contributed by atoms with Crippen LogP contribution in [0.4, 0.5) is 4.39 Å². The summed E-state index contributed by atoms with van der Waals surface area (Å²) < 4.78 is 14.1. The summed E-state index contributed by atoms with van der Waals surface area (Å²) in [6.45, 7) is 7.18. The molecule has 0 saturated carbocycles. The molecule has 0 atom stereocenters. The number of benzene rings is 1. The van der Waals surface area contributed by atoms with Crippen molar-refractivity contribution in [3.8, 4) is 11.3 Å². The van der Waals surface area contributed by atoms with Crippen LogP contribution >= 0.6 is 0 Å². The summed E-state index contributed by atoms with van der Waals surface area (Å²) in [5, 5.41) is 6.39. The van der Waals surface area contributed by atoms with Crippen LogP contribution in [-0.4, -0.2) is 10.2 Å². The van der Waals surface area contributed by atoms with Crippen LogP contribution in [0, 0.1) is 33.5 Å². The van der Waals surface area contributed by atoms with Crippen LogP contribution in [-0.2, 0) is 0 Å². The molecule has 18 heavy (non-hydrogen) atoms. The molecule has 1 heterocycles. The summed E-state index contributed by atoms with van der Waals surface area (Å²) in [7, 11) is 0. The van der Waals surface area contributed by atoms with Crippen LogP contribution in [0.2, 0.25) is 0 Å². The number of aromatic nitrogens is 2. The molecule has 1 N–H and O–H groups in total. The number of rotatable bonds is 1. The Morgan fingerprint density at radius 3 is 2.39 bits per heavy atom. The van der Waals surface area contributed by atoms with E-state index in [1.54, 1.807) is 13.8 Å². The van der Waals surface area contributed by atoms with E-state index < -0.39 is 0 Å². The van der Waals surface area contributed by atoms with Crippen LogP contribution in [0.5, 0.6) is 0 Å². The van der Waals surface area contributed by atoms with E-state index in [1.807, 2.05) is 19.9 Å². The van der Waals surface area contributed by atoms with Gasteiger partial charge in [-0.25, -0.2) is 9.49 Å². The quantitative estimate of drug-likeness (QED) is 0.841. The zero-order valence-electron chi connectivity index (χ0n) is 10.9. The third kappa shape index (κ3) is 1.94. The fourth-order valence-corrected chi connectivity index (χ4v) is 2.08. The number of nitrogens with zero attached hydrogens (tertiary/aromatic N) is 1. The van der Waals surface area contributed by atoms with Gasteiger partial charge in [0, 0.05) is 11.1 Å². The lowest BCUT2D eigenvalue weighted by atomic mass is 9.98. The fraction of sp³-hybridized carbons (Fsp3) is 0.286. The highest BCUT2D eigenvalue weighted by molar-refractivity contribution is 5.68. The van der Waals surface area contributed by atoms with Gasteiger partial charge in [0.2, 0.25) is 0 Å². The van der Waals surface area contributed by atoms with Gasteiger partial charge in [0.15, 0.2) is 0 Å². The molecule has 0 unspecified atom stereocenters. The van der Waals surface area contributed by atoms with Gasteiger partial charge in [-0.2, -0.15) is 5.10 Å². The number of aromatic amines is 1. The first-order valence-corrected chi connectivity index (χ1v) is 5.75. The molecule has 0 aliphatic rings. The Balaban J connectivity index is 2.78. The molecule has 0 spiro atoms. The van der Waals surface area contributed by atoms with Crippen molar-refractivity contribution in [1.82, 2.24) is 10.2 Å². The lowest BCUT2D eigenvalue weighted by Gasteiger charge is -2.11. The Morgan fingerprint density at radius 2 is 1.78 bits per heavy atom. The number of nitrogens with one attached hydrogen (secondary N) is 1. The van der Waals surface area contributed by atoms with Crippen molar-refractivity contribution >= 4 is 0 Å². The zero-order valence-corrected chi connectivity index (χ0v) is 10.9. The second-order valence-electron chi connectivity index (χ2n) is 4.59. The summed E-state index contributed by atoms with van der Waals surface area (Å²) >= 11 is 0. The molecule has 0 amide bonds. The van der Waals surface area contributed by atoms with E-state index in [0.29, 0.717) is 22.4 Å². The third-order valence-electron chi connectivity index (χ3n) is 3.20. The monoisotopic (exact) mass is 246 g/mol. The summed E-state index contributed by atoms with van der Waals surface area (Å²) in [5.41, 5.74) is 3.69. The molecular formula is C14H15FN2O. The average molecular weight is 246 g/mol. The maximum Gasteiger partial charge on any atom is 0.267 e. The molecule has 0 bridgehead atoms. The molecule has 0 saturated heterocycles. The zero-order chi connectivity index (χ0) is 13.4. The summed E-state index contributed by atoms with van der Waals surface area (Å²) in [5.74, 6) is -0.311. The molecule has 1 aromatic carbocycles. The molecule has 0 fully saturated rings. The second-order valence-corrected chi connectivity index (χ2v) is 4.59. The predicted molar refractivity (Wildman–Crippen MR) is 69.2 cm³/mol. The first kappa shape index (κ1) is 12.5. The molecular weight excluding hydrogens is 231 g/mol. The van der Waals surface area contributed by atoms with E-state index in [-0.39, 0.29) is 11.4 Å². The summed E-state index contributed by atoms with van der Waals surface area (Å²) in [4.78, 5) is 11.4. The van der Waals surface area contributed by atoms with Crippen molar-refractivity contribution in [1.29, 1.82) is 0 Å². The Labute approximate surface area is 105 Å². The van der Waals surface area contributed by atoms with E-state index in [2.05, 4.69) is 10.2 Å². The van der Waals surface area contributed by atoms with Crippen molar-refractivity contribution in [3.05, 3.63) is 50.6 Å². The van der Waals surface area contributed by atoms with Crippen LogP contribution in [0.1, 0.15) is 22.3 Å². The number of H-pyrrole nitrogens is 1. The van der Waals surface area contributed by atoms with Crippen molar-refractivity contribution < 1.29 is 4.39 Å². The van der Waals surface area contributed by atoms with Gasteiger partial charge in [-0.3, -0.25) is 4.79 Å². The van der Waals surface area contributed by atoms with Crippen LogP contribution in [0.25, 0.3) is 11.3 Å². The average Bonchev–Trinajstić information content (AvgIpc) is 2.28. The lowest BCUT2D eigenvalue weighted by molar-refractivity contribution is 0.627. The van der Waals surface area contributed by atoms with Gasteiger partial charge >= 0.3 is 0 Å². The van der Waals surface area contributed by atoms with Crippen molar-refractivity contribution in [2.45, 2.75) is 27.7 Å². The first-order valence-electron chi connectivity index (χ1n) is 5.75. The Hall–Kier alpha value is -1.97. The minimum Gasteiger partial charge on any atom is -0.268 e. The maximum atomic E-state index is 14.1. The Bertz CT molecular complexity index is 651. The molecule has 2 aromatic rings. The Morgan fingerprint density at radius 1 is 1.11 bits per heavy atom. The van der Waals surface area contributed by atoms with Gasteiger partial charge in [-0.15, -0.1) is 0 Å². The summed E-state index contributed by atoms with van der Waals surface area (Å²) in [6, 6.07) is 3.38. The highest BCUT2D eigenvalue weighted by Crippen LogP contribution is 2.28. The van der Waals surface area contributed by atoms with Gasteiger partial charge in [-0.05, 0) is 50.5 Å². The van der Waals surface area contributed by atoms with E-state index >= 15 is 0 Å². The second kappa shape index (κ2) is 4.37. The van der Waals surface area contributed by atoms with Crippen molar-refractivity contribution in [3.63, 3.8) is 0 Å². The number of hydrogen-bond acceptors (Lipinski definition) is 2. The molecule has 0 aliphatic carbocycles. The largest absolute Gasteiger partial charge is 0.268 e. The molecule has 0 aliphatic heterocycles.